The van der Waals surface area contributed by atoms with Crippen LogP contribution in [0.25, 0.3) is 6.08 Å². The van der Waals surface area contributed by atoms with E-state index >= 15 is 0 Å². The fourth-order valence-electron chi connectivity index (χ4n) is 4.15. The van der Waals surface area contributed by atoms with Crippen LogP contribution in [-0.2, 0) is 25.5 Å². The van der Waals surface area contributed by atoms with Crippen molar-refractivity contribution in [2.75, 3.05) is 14.2 Å². The molecule has 1 fully saturated rings. The van der Waals surface area contributed by atoms with Gasteiger partial charge in [0.15, 0.2) is 5.78 Å². The van der Waals surface area contributed by atoms with Crippen molar-refractivity contribution in [2.45, 2.75) is 24.2 Å². The summed E-state index contributed by atoms with van der Waals surface area (Å²) in [6.07, 6.45) is 2.86. The number of ketones is 2. The van der Waals surface area contributed by atoms with Crippen LogP contribution in [0.15, 0.2) is 72.0 Å². The Kier molecular flexibility index (Phi) is 5.05. The molecule has 0 spiro atoms. The zero-order valence-electron chi connectivity index (χ0n) is 16.8. The first-order chi connectivity index (χ1) is 14.5. The van der Waals surface area contributed by atoms with Crippen molar-refractivity contribution in [2.24, 2.45) is 0 Å². The SMILES string of the molecule is COC12CC(=O)/C(=C(O)\C=C\c3ccccc3)C(=O)C1(OC)Cc1ccccc1O2. The number of rotatable bonds is 4. The molecule has 1 saturated carbocycles. The molecule has 2 aliphatic rings. The molecule has 6 nitrogen and oxygen atoms in total. The van der Waals surface area contributed by atoms with Gasteiger partial charge < -0.3 is 19.3 Å². The van der Waals surface area contributed by atoms with Crippen LogP contribution in [0.4, 0.5) is 0 Å². The van der Waals surface area contributed by atoms with E-state index < -0.39 is 28.7 Å². The number of allylic oxidation sites excluding steroid dienone is 1. The highest BCUT2D eigenvalue weighted by Crippen LogP contribution is 2.49. The highest BCUT2D eigenvalue weighted by atomic mass is 16.7. The fourth-order valence-corrected chi connectivity index (χ4v) is 4.15. The smallest absolute Gasteiger partial charge is 0.254 e. The van der Waals surface area contributed by atoms with Gasteiger partial charge in [0.1, 0.15) is 17.1 Å². The summed E-state index contributed by atoms with van der Waals surface area (Å²) < 4.78 is 17.4. The van der Waals surface area contributed by atoms with Crippen LogP contribution >= 0.6 is 0 Å². The van der Waals surface area contributed by atoms with Crippen LogP contribution in [0, 0.1) is 0 Å². The van der Waals surface area contributed by atoms with Crippen molar-refractivity contribution in [1.82, 2.24) is 0 Å². The van der Waals surface area contributed by atoms with Gasteiger partial charge in [0, 0.05) is 20.6 Å². The van der Waals surface area contributed by atoms with Crippen LogP contribution in [0.5, 0.6) is 5.75 Å². The van der Waals surface area contributed by atoms with E-state index in [-0.39, 0.29) is 18.4 Å². The number of carbonyl (C=O) groups excluding carboxylic acids is 2. The van der Waals surface area contributed by atoms with Gasteiger partial charge in [-0.25, -0.2) is 0 Å². The van der Waals surface area contributed by atoms with E-state index in [0.717, 1.165) is 11.1 Å². The Labute approximate surface area is 174 Å². The highest BCUT2D eigenvalue weighted by molar-refractivity contribution is 6.26. The largest absolute Gasteiger partial charge is 0.507 e. The second-order valence-electron chi connectivity index (χ2n) is 7.31. The Hall–Kier alpha value is -3.22. The molecule has 0 bridgehead atoms. The first kappa shape index (κ1) is 20.1. The van der Waals surface area contributed by atoms with Crippen LogP contribution in [0.2, 0.25) is 0 Å². The number of ether oxygens (including phenoxy) is 3. The molecule has 0 radical (unpaired) electrons. The van der Waals surface area contributed by atoms with Crippen molar-refractivity contribution in [1.29, 1.82) is 0 Å². The van der Waals surface area contributed by atoms with E-state index in [1.165, 1.54) is 20.3 Å². The molecule has 2 aromatic carbocycles. The van der Waals surface area contributed by atoms with Gasteiger partial charge in [-0.3, -0.25) is 9.59 Å². The van der Waals surface area contributed by atoms with Gasteiger partial charge in [0.25, 0.3) is 5.79 Å². The van der Waals surface area contributed by atoms with Crippen LogP contribution in [-0.4, -0.2) is 42.3 Å². The monoisotopic (exact) mass is 406 g/mol. The Morgan fingerprint density at radius 1 is 1.00 bits per heavy atom. The van der Waals surface area contributed by atoms with Crippen molar-refractivity contribution < 1.29 is 28.9 Å². The maximum absolute atomic E-state index is 13.6. The minimum Gasteiger partial charge on any atom is -0.507 e. The predicted molar refractivity (Wildman–Crippen MR) is 110 cm³/mol. The van der Waals surface area contributed by atoms with E-state index in [1.54, 1.807) is 18.2 Å². The average Bonchev–Trinajstić information content (AvgIpc) is 2.77. The molecule has 0 aromatic heterocycles. The maximum atomic E-state index is 13.6. The van der Waals surface area contributed by atoms with Gasteiger partial charge in [-0.05, 0) is 23.3 Å². The highest BCUT2D eigenvalue weighted by Gasteiger charge is 2.68. The molecule has 1 aliphatic carbocycles. The number of Topliss-reactive ketones (excluding diaryl/α,β-unsaturated/α-hetero) is 2. The minimum absolute atomic E-state index is 0.152. The number of fused-ring (bicyclic) bond motifs is 2. The number of hydrogen-bond donors (Lipinski definition) is 1. The molecule has 1 aliphatic heterocycles. The number of aliphatic hydroxyl groups is 1. The number of para-hydroxylation sites is 1. The summed E-state index contributed by atoms with van der Waals surface area (Å²) in [5, 5.41) is 10.6. The second-order valence-corrected chi connectivity index (χ2v) is 7.31. The van der Waals surface area contributed by atoms with Gasteiger partial charge in [0.2, 0.25) is 11.4 Å². The zero-order chi connectivity index (χ0) is 21.4. The molecule has 2 aromatic rings. The van der Waals surface area contributed by atoms with Crippen LogP contribution < -0.4 is 4.74 Å². The average molecular weight is 406 g/mol. The molecule has 1 N–H and O–H groups in total. The summed E-state index contributed by atoms with van der Waals surface area (Å²) in [5.74, 6) is -2.71. The Bertz CT molecular complexity index is 1050. The summed E-state index contributed by atoms with van der Waals surface area (Å²) in [4.78, 5) is 26.6. The minimum atomic E-state index is -1.61. The number of benzene rings is 2. The predicted octanol–water partition coefficient (Wildman–Crippen LogP) is 3.42. The first-order valence-electron chi connectivity index (χ1n) is 9.58. The molecule has 1 heterocycles. The van der Waals surface area contributed by atoms with Crippen molar-refractivity contribution >= 4 is 17.6 Å². The summed E-state index contributed by atoms with van der Waals surface area (Å²) >= 11 is 0. The van der Waals surface area contributed by atoms with Crippen molar-refractivity contribution in [3.05, 3.63) is 83.1 Å². The van der Waals surface area contributed by atoms with E-state index in [1.807, 2.05) is 42.5 Å². The number of hydrogen-bond acceptors (Lipinski definition) is 6. The molecule has 30 heavy (non-hydrogen) atoms. The Morgan fingerprint density at radius 3 is 2.40 bits per heavy atom. The molecule has 154 valence electrons. The van der Waals surface area contributed by atoms with Crippen LogP contribution in [0.3, 0.4) is 0 Å². The summed E-state index contributed by atoms with van der Waals surface area (Å²) in [7, 11) is 2.76. The fraction of sp³-hybridized carbons (Fsp3) is 0.250. The van der Waals surface area contributed by atoms with E-state index in [2.05, 4.69) is 0 Å². The lowest BCUT2D eigenvalue weighted by atomic mass is 9.69. The number of aliphatic hydroxyl groups excluding tert-OH is 1. The third-order valence-electron chi connectivity index (χ3n) is 5.74. The molecule has 6 heteroatoms. The third kappa shape index (κ3) is 2.96. The van der Waals surface area contributed by atoms with Gasteiger partial charge >= 0.3 is 0 Å². The number of methoxy groups -OCH3 is 2. The summed E-state index contributed by atoms with van der Waals surface area (Å²) in [6, 6.07) is 16.5. The Balaban J connectivity index is 1.80. The van der Waals surface area contributed by atoms with Gasteiger partial charge in [-0.2, -0.15) is 0 Å². The van der Waals surface area contributed by atoms with E-state index in [0.29, 0.717) is 5.75 Å². The standard InChI is InChI=1S/C24H22O6/c1-28-23-14-17-10-6-7-11-20(17)30-24(23,29-2)15-19(26)21(22(23)27)18(25)13-12-16-8-4-3-5-9-16/h3-13,25H,14-15H2,1-2H3/b13-12+,21-18-. The zero-order valence-corrected chi connectivity index (χ0v) is 16.8. The van der Waals surface area contributed by atoms with E-state index in [9.17, 15) is 14.7 Å². The molecular formula is C24H22O6. The van der Waals surface area contributed by atoms with E-state index in [4.69, 9.17) is 14.2 Å². The Morgan fingerprint density at radius 2 is 1.70 bits per heavy atom. The third-order valence-corrected chi connectivity index (χ3v) is 5.74. The van der Waals surface area contributed by atoms with Gasteiger partial charge in [0.05, 0.1) is 6.42 Å². The molecule has 0 saturated heterocycles. The molecule has 2 unspecified atom stereocenters. The van der Waals surface area contributed by atoms with Crippen LogP contribution in [0.1, 0.15) is 17.5 Å². The summed E-state index contributed by atoms with van der Waals surface area (Å²) in [5.41, 5.74) is -0.329. The molecular weight excluding hydrogens is 384 g/mol. The van der Waals surface area contributed by atoms with Crippen molar-refractivity contribution in [3.63, 3.8) is 0 Å². The first-order valence-corrected chi connectivity index (χ1v) is 9.58. The lowest BCUT2D eigenvalue weighted by molar-refractivity contribution is -0.278. The topological polar surface area (TPSA) is 82.1 Å². The quantitative estimate of drug-likeness (QED) is 0.476. The van der Waals surface area contributed by atoms with Crippen molar-refractivity contribution in [3.8, 4) is 5.75 Å². The van der Waals surface area contributed by atoms with Gasteiger partial charge in [-0.15, -0.1) is 0 Å². The van der Waals surface area contributed by atoms with Gasteiger partial charge in [-0.1, -0.05) is 54.6 Å². The number of carbonyl (C=O) groups is 2. The lowest BCUT2D eigenvalue weighted by Gasteiger charge is -2.52. The molecule has 2 atom stereocenters. The normalized spacial score (nSPS) is 27.4. The summed E-state index contributed by atoms with van der Waals surface area (Å²) in [6.45, 7) is 0. The lowest BCUT2D eigenvalue weighted by Crippen LogP contribution is -2.71. The maximum Gasteiger partial charge on any atom is 0.254 e. The second kappa shape index (κ2) is 7.55. The molecule has 4 rings (SSSR count). The molecule has 0 amide bonds.